The van der Waals surface area contributed by atoms with Gasteiger partial charge in [0.25, 0.3) is 0 Å². The third-order valence-corrected chi connectivity index (χ3v) is 5.41. The molecule has 8 heteroatoms. The van der Waals surface area contributed by atoms with E-state index in [0.717, 1.165) is 43.9 Å². The summed E-state index contributed by atoms with van der Waals surface area (Å²) in [7, 11) is 0. The van der Waals surface area contributed by atoms with Crippen LogP contribution in [0.25, 0.3) is 11.5 Å². The topological polar surface area (TPSA) is 92.0 Å². The van der Waals surface area contributed by atoms with Crippen LogP contribution >= 0.6 is 0 Å². The zero-order valence-corrected chi connectivity index (χ0v) is 15.2. The standard InChI is InChI=1S/C19H23N5O3/c1-2-6-13(5-1)19-20-18(22-27-19)12-24-11-14(21-23-24)15-8-9-17(26-15)16-7-3-4-10-25-16/h8-9,11,13,16H,1-7,10,12H2/t16-/m0/s1. The molecule has 5 rings (SSSR count). The van der Waals surface area contributed by atoms with Crippen LogP contribution in [0.4, 0.5) is 0 Å². The van der Waals surface area contributed by atoms with E-state index in [1.807, 2.05) is 18.3 Å². The summed E-state index contributed by atoms with van der Waals surface area (Å²) in [5.41, 5.74) is 0.691. The number of aromatic nitrogens is 5. The summed E-state index contributed by atoms with van der Waals surface area (Å²) in [5, 5.41) is 12.5. The van der Waals surface area contributed by atoms with Gasteiger partial charge in [0.1, 0.15) is 24.1 Å². The van der Waals surface area contributed by atoms with Gasteiger partial charge in [-0.3, -0.25) is 0 Å². The van der Waals surface area contributed by atoms with Crippen LogP contribution < -0.4 is 0 Å². The van der Waals surface area contributed by atoms with Gasteiger partial charge in [-0.2, -0.15) is 4.98 Å². The Morgan fingerprint density at radius 1 is 1.07 bits per heavy atom. The third kappa shape index (κ3) is 3.53. The number of hydrogen-bond acceptors (Lipinski definition) is 7. The van der Waals surface area contributed by atoms with E-state index in [9.17, 15) is 0 Å². The van der Waals surface area contributed by atoms with Crippen LogP contribution in [-0.4, -0.2) is 31.7 Å². The molecule has 0 amide bonds. The molecule has 0 unspecified atom stereocenters. The van der Waals surface area contributed by atoms with E-state index in [4.69, 9.17) is 13.7 Å². The Labute approximate surface area is 156 Å². The first-order valence-corrected chi connectivity index (χ1v) is 9.79. The average molecular weight is 369 g/mol. The van der Waals surface area contributed by atoms with Gasteiger partial charge >= 0.3 is 0 Å². The molecular formula is C19H23N5O3. The van der Waals surface area contributed by atoms with E-state index in [2.05, 4.69) is 20.5 Å². The Morgan fingerprint density at radius 3 is 2.81 bits per heavy atom. The Kier molecular flexibility index (Phi) is 4.49. The van der Waals surface area contributed by atoms with Gasteiger partial charge in [0.15, 0.2) is 11.6 Å². The highest BCUT2D eigenvalue weighted by Gasteiger charge is 2.23. The first kappa shape index (κ1) is 16.7. The zero-order chi connectivity index (χ0) is 18.1. The summed E-state index contributed by atoms with van der Waals surface area (Å²) in [6.07, 6.45) is 9.95. The molecule has 27 heavy (non-hydrogen) atoms. The predicted molar refractivity (Wildman–Crippen MR) is 94.9 cm³/mol. The SMILES string of the molecule is c1cc([C@@H]2CCCCO2)oc1-c1cn(Cc2noc(C3CCCC3)n2)nn1. The number of nitrogens with zero attached hydrogens (tertiary/aromatic N) is 5. The van der Waals surface area contributed by atoms with Crippen LogP contribution in [0.15, 0.2) is 27.3 Å². The van der Waals surface area contributed by atoms with Crippen molar-refractivity contribution >= 4 is 0 Å². The van der Waals surface area contributed by atoms with Crippen LogP contribution in [0.5, 0.6) is 0 Å². The maximum atomic E-state index is 5.95. The minimum Gasteiger partial charge on any atom is -0.457 e. The average Bonchev–Trinajstić information content (AvgIpc) is 3.48. The number of ether oxygens (including phenoxy) is 1. The first-order chi connectivity index (χ1) is 13.3. The predicted octanol–water partition coefficient (Wildman–Crippen LogP) is 3.87. The van der Waals surface area contributed by atoms with E-state index in [1.165, 1.54) is 19.3 Å². The maximum Gasteiger partial charge on any atom is 0.229 e. The van der Waals surface area contributed by atoms with E-state index >= 15 is 0 Å². The number of rotatable bonds is 5. The Bertz CT molecular complexity index is 887. The lowest BCUT2D eigenvalue weighted by Gasteiger charge is -2.20. The molecule has 1 aliphatic heterocycles. The number of hydrogen-bond donors (Lipinski definition) is 0. The Hall–Kier alpha value is -2.48. The fourth-order valence-electron chi connectivity index (χ4n) is 3.93. The molecule has 3 aromatic rings. The molecule has 2 fully saturated rings. The fraction of sp³-hybridized carbons (Fsp3) is 0.579. The molecule has 1 saturated heterocycles. The highest BCUT2D eigenvalue weighted by molar-refractivity contribution is 5.50. The van der Waals surface area contributed by atoms with Crippen molar-refractivity contribution in [1.29, 1.82) is 0 Å². The second-order valence-electron chi connectivity index (χ2n) is 7.39. The molecule has 0 aromatic carbocycles. The monoisotopic (exact) mass is 369 g/mol. The summed E-state index contributed by atoms with van der Waals surface area (Å²) >= 11 is 0. The summed E-state index contributed by atoms with van der Waals surface area (Å²) in [6, 6.07) is 3.89. The van der Waals surface area contributed by atoms with E-state index in [-0.39, 0.29) is 6.10 Å². The lowest BCUT2D eigenvalue weighted by atomic mass is 10.1. The summed E-state index contributed by atoms with van der Waals surface area (Å²) < 4.78 is 18.9. The molecule has 0 radical (unpaired) electrons. The van der Waals surface area contributed by atoms with Crippen LogP contribution in [0.3, 0.4) is 0 Å². The van der Waals surface area contributed by atoms with Crippen molar-refractivity contribution in [1.82, 2.24) is 25.1 Å². The normalized spacial score (nSPS) is 21.1. The molecule has 8 nitrogen and oxygen atoms in total. The largest absolute Gasteiger partial charge is 0.457 e. The lowest BCUT2D eigenvalue weighted by molar-refractivity contribution is 0.00220. The van der Waals surface area contributed by atoms with Gasteiger partial charge < -0.3 is 13.7 Å². The van der Waals surface area contributed by atoms with Gasteiger partial charge in [-0.25, -0.2) is 4.68 Å². The molecule has 2 aliphatic rings. The quantitative estimate of drug-likeness (QED) is 0.674. The minimum atomic E-state index is 0.0517. The molecule has 1 saturated carbocycles. The first-order valence-electron chi connectivity index (χ1n) is 9.79. The summed E-state index contributed by atoms with van der Waals surface area (Å²) in [5.74, 6) is 3.36. The van der Waals surface area contributed by atoms with Crippen molar-refractivity contribution < 1.29 is 13.7 Å². The molecule has 0 spiro atoms. The fourth-order valence-corrected chi connectivity index (χ4v) is 3.93. The van der Waals surface area contributed by atoms with Crippen LogP contribution in [0.1, 0.15) is 74.4 Å². The zero-order valence-electron chi connectivity index (χ0n) is 15.2. The molecule has 1 aliphatic carbocycles. The lowest BCUT2D eigenvalue weighted by Crippen LogP contribution is -2.10. The van der Waals surface area contributed by atoms with E-state index in [0.29, 0.717) is 29.7 Å². The van der Waals surface area contributed by atoms with Crippen molar-refractivity contribution in [3.8, 4) is 11.5 Å². The van der Waals surface area contributed by atoms with Gasteiger partial charge in [0.05, 0.1) is 6.20 Å². The van der Waals surface area contributed by atoms with Gasteiger partial charge in [0, 0.05) is 12.5 Å². The molecule has 4 heterocycles. The van der Waals surface area contributed by atoms with Crippen molar-refractivity contribution in [2.75, 3.05) is 6.61 Å². The maximum absolute atomic E-state index is 5.95. The van der Waals surface area contributed by atoms with Crippen LogP contribution in [-0.2, 0) is 11.3 Å². The van der Waals surface area contributed by atoms with Crippen molar-refractivity contribution in [2.24, 2.45) is 0 Å². The Balaban J connectivity index is 1.26. The van der Waals surface area contributed by atoms with Crippen molar-refractivity contribution in [3.63, 3.8) is 0 Å². The van der Waals surface area contributed by atoms with Gasteiger partial charge in [-0.1, -0.05) is 23.2 Å². The summed E-state index contributed by atoms with van der Waals surface area (Å²) in [6.45, 7) is 1.23. The van der Waals surface area contributed by atoms with Gasteiger partial charge in [-0.15, -0.1) is 5.10 Å². The van der Waals surface area contributed by atoms with Crippen molar-refractivity contribution in [2.45, 2.75) is 63.5 Å². The van der Waals surface area contributed by atoms with E-state index in [1.54, 1.807) is 4.68 Å². The van der Waals surface area contributed by atoms with Crippen LogP contribution in [0, 0.1) is 0 Å². The molecular weight excluding hydrogens is 346 g/mol. The van der Waals surface area contributed by atoms with Gasteiger partial charge in [-0.05, 0) is 44.2 Å². The highest BCUT2D eigenvalue weighted by Crippen LogP contribution is 2.33. The molecule has 142 valence electrons. The molecule has 0 bridgehead atoms. The van der Waals surface area contributed by atoms with Crippen molar-refractivity contribution in [3.05, 3.63) is 35.8 Å². The highest BCUT2D eigenvalue weighted by atomic mass is 16.5. The van der Waals surface area contributed by atoms with E-state index < -0.39 is 0 Å². The molecule has 3 aromatic heterocycles. The smallest absolute Gasteiger partial charge is 0.229 e. The summed E-state index contributed by atoms with van der Waals surface area (Å²) in [4.78, 5) is 4.53. The number of furan rings is 1. The second kappa shape index (κ2) is 7.26. The third-order valence-electron chi connectivity index (χ3n) is 5.41. The Morgan fingerprint density at radius 2 is 1.96 bits per heavy atom. The molecule has 1 atom stereocenters. The minimum absolute atomic E-state index is 0.0517. The van der Waals surface area contributed by atoms with Gasteiger partial charge in [0.2, 0.25) is 5.89 Å². The van der Waals surface area contributed by atoms with Crippen LogP contribution in [0.2, 0.25) is 0 Å². The molecule has 0 N–H and O–H groups in total. The second-order valence-corrected chi connectivity index (χ2v) is 7.39.